The van der Waals surface area contributed by atoms with Crippen molar-refractivity contribution in [3.05, 3.63) is 0 Å². The van der Waals surface area contributed by atoms with Crippen molar-refractivity contribution in [2.45, 2.75) is 38.3 Å². The minimum atomic E-state index is -0.574. The Morgan fingerprint density at radius 3 is 2.40 bits per heavy atom. The fourth-order valence-corrected chi connectivity index (χ4v) is 1.98. The Balaban J connectivity index is 2.43. The maximum absolute atomic E-state index is 11.5. The van der Waals surface area contributed by atoms with Gasteiger partial charge in [-0.3, -0.25) is 10.1 Å². The number of esters is 1. The van der Waals surface area contributed by atoms with Gasteiger partial charge in [0.15, 0.2) is 0 Å². The van der Waals surface area contributed by atoms with Crippen molar-refractivity contribution in [1.82, 2.24) is 10.2 Å². The summed E-state index contributed by atoms with van der Waals surface area (Å²) in [5.41, 5.74) is -0.574. The van der Waals surface area contributed by atoms with Gasteiger partial charge in [-0.05, 0) is 46.8 Å². The van der Waals surface area contributed by atoms with Gasteiger partial charge in [0.05, 0.1) is 7.11 Å². The summed E-state index contributed by atoms with van der Waals surface area (Å²) in [5, 5.41) is 3.37. The molecule has 1 aliphatic rings. The number of likely N-dealkylation sites (tertiary alicyclic amines) is 1. The predicted molar refractivity (Wildman–Crippen MR) is 59.7 cm³/mol. The smallest absolute Gasteiger partial charge is 0.325 e. The number of carbonyl (C=O) groups excluding carboxylic acids is 1. The standard InChI is InChI=1S/C11H22N2O2/c1-11(2,10(14)15-4)12-9-5-7-13(3)8-6-9/h9,12H,5-8H2,1-4H3. The molecule has 1 heterocycles. The highest BCUT2D eigenvalue weighted by molar-refractivity contribution is 5.79. The molecule has 4 heteroatoms. The highest BCUT2D eigenvalue weighted by Crippen LogP contribution is 2.13. The van der Waals surface area contributed by atoms with Gasteiger partial charge in [0.1, 0.15) is 5.54 Å². The van der Waals surface area contributed by atoms with Crippen molar-refractivity contribution in [2.75, 3.05) is 27.2 Å². The molecule has 0 aromatic rings. The van der Waals surface area contributed by atoms with Gasteiger partial charge in [-0.2, -0.15) is 0 Å². The highest BCUT2D eigenvalue weighted by Gasteiger charge is 2.31. The lowest BCUT2D eigenvalue weighted by Gasteiger charge is -2.34. The lowest BCUT2D eigenvalue weighted by Crippen LogP contribution is -2.54. The summed E-state index contributed by atoms with van der Waals surface area (Å²) in [4.78, 5) is 13.8. The molecule has 1 aliphatic heterocycles. The first-order chi connectivity index (χ1) is 6.95. The van der Waals surface area contributed by atoms with Crippen LogP contribution < -0.4 is 5.32 Å². The van der Waals surface area contributed by atoms with E-state index < -0.39 is 5.54 Å². The summed E-state index contributed by atoms with van der Waals surface area (Å²) in [6, 6.07) is 0.426. The summed E-state index contributed by atoms with van der Waals surface area (Å²) < 4.78 is 4.77. The fourth-order valence-electron chi connectivity index (χ4n) is 1.98. The van der Waals surface area contributed by atoms with Crippen molar-refractivity contribution >= 4 is 5.97 Å². The van der Waals surface area contributed by atoms with E-state index in [0.717, 1.165) is 25.9 Å². The van der Waals surface area contributed by atoms with Crippen LogP contribution >= 0.6 is 0 Å². The van der Waals surface area contributed by atoms with Crippen molar-refractivity contribution in [2.24, 2.45) is 0 Å². The Bertz CT molecular complexity index is 221. The lowest BCUT2D eigenvalue weighted by atomic mass is 9.99. The van der Waals surface area contributed by atoms with Crippen LogP contribution in [0.25, 0.3) is 0 Å². The number of nitrogens with one attached hydrogen (secondary N) is 1. The molecule has 4 nitrogen and oxygen atoms in total. The number of carbonyl (C=O) groups is 1. The van der Waals surface area contributed by atoms with Crippen LogP contribution in [-0.2, 0) is 9.53 Å². The normalized spacial score (nSPS) is 20.3. The van der Waals surface area contributed by atoms with Crippen LogP contribution in [0, 0.1) is 0 Å². The maximum atomic E-state index is 11.5. The molecule has 0 saturated carbocycles. The molecular formula is C11H22N2O2. The highest BCUT2D eigenvalue weighted by atomic mass is 16.5. The zero-order chi connectivity index (χ0) is 11.5. The Hall–Kier alpha value is -0.610. The topological polar surface area (TPSA) is 41.6 Å². The molecule has 0 atom stereocenters. The minimum Gasteiger partial charge on any atom is -0.468 e. The molecule has 1 N–H and O–H groups in total. The average Bonchev–Trinajstić information content (AvgIpc) is 2.20. The number of rotatable bonds is 3. The quantitative estimate of drug-likeness (QED) is 0.699. The third-order valence-corrected chi connectivity index (χ3v) is 2.98. The van der Waals surface area contributed by atoms with Crippen LogP contribution in [0.2, 0.25) is 0 Å². The SMILES string of the molecule is COC(=O)C(C)(C)NC1CCN(C)CC1. The first kappa shape index (κ1) is 12.5. The molecule has 0 unspecified atom stereocenters. The van der Waals surface area contributed by atoms with Crippen LogP contribution in [0.4, 0.5) is 0 Å². The molecule has 0 amide bonds. The Morgan fingerprint density at radius 2 is 1.93 bits per heavy atom. The molecule has 88 valence electrons. The number of nitrogens with zero attached hydrogens (tertiary/aromatic N) is 1. The van der Waals surface area contributed by atoms with Crippen LogP contribution in [0.1, 0.15) is 26.7 Å². The van der Waals surface area contributed by atoms with Gasteiger partial charge in [0, 0.05) is 6.04 Å². The second-order valence-corrected chi connectivity index (χ2v) is 4.84. The van der Waals surface area contributed by atoms with Gasteiger partial charge in [-0.15, -0.1) is 0 Å². The monoisotopic (exact) mass is 214 g/mol. The Labute approximate surface area is 92.0 Å². The number of hydrogen-bond acceptors (Lipinski definition) is 4. The Kier molecular flexibility index (Phi) is 4.11. The van der Waals surface area contributed by atoms with E-state index in [1.165, 1.54) is 7.11 Å². The molecular weight excluding hydrogens is 192 g/mol. The Morgan fingerprint density at radius 1 is 1.40 bits per heavy atom. The number of piperidine rings is 1. The van der Waals surface area contributed by atoms with Crippen molar-refractivity contribution in [3.63, 3.8) is 0 Å². The third-order valence-electron chi connectivity index (χ3n) is 2.98. The molecule has 0 aliphatic carbocycles. The van der Waals surface area contributed by atoms with Gasteiger partial charge < -0.3 is 9.64 Å². The molecule has 1 rings (SSSR count). The molecule has 1 fully saturated rings. The zero-order valence-corrected chi connectivity index (χ0v) is 10.2. The fraction of sp³-hybridized carbons (Fsp3) is 0.909. The van der Waals surface area contributed by atoms with E-state index in [1.54, 1.807) is 0 Å². The van der Waals surface area contributed by atoms with Gasteiger partial charge in [-0.1, -0.05) is 0 Å². The first-order valence-corrected chi connectivity index (χ1v) is 5.50. The van der Waals surface area contributed by atoms with Gasteiger partial charge in [0.2, 0.25) is 0 Å². The van der Waals surface area contributed by atoms with Gasteiger partial charge in [-0.25, -0.2) is 0 Å². The molecule has 0 spiro atoms. The molecule has 0 radical (unpaired) electrons. The molecule has 0 aromatic carbocycles. The van der Waals surface area contributed by atoms with E-state index in [2.05, 4.69) is 17.3 Å². The van der Waals surface area contributed by atoms with E-state index in [0.29, 0.717) is 6.04 Å². The van der Waals surface area contributed by atoms with Crippen LogP contribution in [0.5, 0.6) is 0 Å². The molecule has 15 heavy (non-hydrogen) atoms. The van der Waals surface area contributed by atoms with Crippen molar-refractivity contribution < 1.29 is 9.53 Å². The van der Waals surface area contributed by atoms with Crippen LogP contribution in [-0.4, -0.2) is 49.7 Å². The summed E-state index contributed by atoms with van der Waals surface area (Å²) >= 11 is 0. The van der Waals surface area contributed by atoms with Gasteiger partial charge in [0.25, 0.3) is 0 Å². The van der Waals surface area contributed by atoms with E-state index in [4.69, 9.17) is 4.74 Å². The zero-order valence-electron chi connectivity index (χ0n) is 10.2. The summed E-state index contributed by atoms with van der Waals surface area (Å²) in [6.07, 6.45) is 2.19. The minimum absolute atomic E-state index is 0.193. The van der Waals surface area contributed by atoms with Crippen molar-refractivity contribution in [3.8, 4) is 0 Å². The van der Waals surface area contributed by atoms with Crippen molar-refractivity contribution in [1.29, 1.82) is 0 Å². The maximum Gasteiger partial charge on any atom is 0.325 e. The summed E-state index contributed by atoms with van der Waals surface area (Å²) in [7, 11) is 3.56. The number of hydrogen-bond donors (Lipinski definition) is 1. The third kappa shape index (κ3) is 3.47. The lowest BCUT2D eigenvalue weighted by molar-refractivity contribution is -0.147. The van der Waals surface area contributed by atoms with Crippen LogP contribution in [0.3, 0.4) is 0 Å². The van der Waals surface area contributed by atoms with E-state index in [1.807, 2.05) is 13.8 Å². The van der Waals surface area contributed by atoms with E-state index in [-0.39, 0.29) is 5.97 Å². The number of methoxy groups -OCH3 is 1. The first-order valence-electron chi connectivity index (χ1n) is 5.50. The second-order valence-electron chi connectivity index (χ2n) is 4.84. The summed E-state index contributed by atoms with van der Waals surface area (Å²) in [6.45, 7) is 5.93. The van der Waals surface area contributed by atoms with Crippen LogP contribution in [0.15, 0.2) is 0 Å². The second kappa shape index (κ2) is 4.94. The van der Waals surface area contributed by atoms with Gasteiger partial charge >= 0.3 is 5.97 Å². The average molecular weight is 214 g/mol. The number of ether oxygens (including phenoxy) is 1. The predicted octanol–water partition coefficient (Wildman–Crippen LogP) is 0.622. The van der Waals surface area contributed by atoms with E-state index >= 15 is 0 Å². The van der Waals surface area contributed by atoms with E-state index in [9.17, 15) is 4.79 Å². The largest absolute Gasteiger partial charge is 0.468 e. The molecule has 0 bridgehead atoms. The molecule has 1 saturated heterocycles. The molecule has 0 aromatic heterocycles. The summed E-state index contributed by atoms with van der Waals surface area (Å²) in [5.74, 6) is -0.193.